The Morgan fingerprint density at radius 3 is 2.34 bits per heavy atom. The van der Waals surface area contributed by atoms with Gasteiger partial charge in [-0.2, -0.15) is 0 Å². The highest BCUT2D eigenvalue weighted by molar-refractivity contribution is 5.86. The van der Waals surface area contributed by atoms with Crippen molar-refractivity contribution in [1.29, 1.82) is 0 Å². The highest BCUT2D eigenvalue weighted by Crippen LogP contribution is 2.27. The Labute approximate surface area is 173 Å². The zero-order chi connectivity index (χ0) is 20.6. The summed E-state index contributed by atoms with van der Waals surface area (Å²) < 4.78 is 5.48. The second kappa shape index (κ2) is 10.3. The summed E-state index contributed by atoms with van der Waals surface area (Å²) in [5, 5.41) is 0. The van der Waals surface area contributed by atoms with Crippen LogP contribution in [0.25, 0.3) is 0 Å². The number of carbonyl (C=O) groups excluding carboxylic acids is 2. The predicted octanol–water partition coefficient (Wildman–Crippen LogP) is 4.48. The van der Waals surface area contributed by atoms with Gasteiger partial charge in [-0.3, -0.25) is 9.59 Å². The van der Waals surface area contributed by atoms with Crippen LogP contribution < -0.4 is 0 Å². The maximum atomic E-state index is 13.3. The third-order valence-electron chi connectivity index (χ3n) is 5.42. The number of amides is 2. The van der Waals surface area contributed by atoms with E-state index in [4.69, 9.17) is 4.42 Å². The van der Waals surface area contributed by atoms with E-state index in [2.05, 4.69) is 13.8 Å². The van der Waals surface area contributed by atoms with Gasteiger partial charge in [-0.25, -0.2) is 0 Å². The van der Waals surface area contributed by atoms with Crippen LogP contribution in [0.4, 0.5) is 0 Å². The molecule has 1 heterocycles. The number of hydrogen-bond acceptors (Lipinski definition) is 3. The lowest BCUT2D eigenvalue weighted by atomic mass is 10.1. The molecule has 1 saturated carbocycles. The predicted molar refractivity (Wildman–Crippen MR) is 113 cm³/mol. The number of furan rings is 1. The first kappa shape index (κ1) is 21.2. The minimum Gasteiger partial charge on any atom is -0.467 e. The van der Waals surface area contributed by atoms with Crippen LogP contribution in [0.5, 0.6) is 0 Å². The Bertz CT molecular complexity index is 765. The Kier molecular flexibility index (Phi) is 7.50. The fraction of sp³-hybridized carbons (Fsp3) is 0.500. The average Bonchev–Trinajstić information content (AvgIpc) is 3.41. The van der Waals surface area contributed by atoms with E-state index in [-0.39, 0.29) is 24.3 Å². The first-order chi connectivity index (χ1) is 14.0. The molecule has 3 rings (SSSR count). The minimum atomic E-state index is -0.0442. The summed E-state index contributed by atoms with van der Waals surface area (Å²) in [6, 6.07) is 13.6. The molecule has 2 aromatic rings. The van der Waals surface area contributed by atoms with Crippen LogP contribution in [-0.2, 0) is 22.7 Å². The molecular formula is C24H32N2O3. The van der Waals surface area contributed by atoms with Crippen molar-refractivity contribution in [2.45, 2.75) is 52.6 Å². The summed E-state index contributed by atoms with van der Waals surface area (Å²) >= 11 is 0. The Morgan fingerprint density at radius 2 is 1.72 bits per heavy atom. The number of hydrogen-bond donors (Lipinski definition) is 0. The largest absolute Gasteiger partial charge is 0.467 e. The second-order valence-electron chi connectivity index (χ2n) is 8.41. The normalized spacial score (nSPS) is 14.3. The number of nitrogens with zero attached hydrogens (tertiary/aromatic N) is 2. The summed E-state index contributed by atoms with van der Waals surface area (Å²) in [5.41, 5.74) is 1.06. The van der Waals surface area contributed by atoms with Gasteiger partial charge >= 0.3 is 0 Å². The van der Waals surface area contributed by atoms with Gasteiger partial charge in [0.2, 0.25) is 11.8 Å². The molecule has 0 saturated heterocycles. The van der Waals surface area contributed by atoms with Gasteiger partial charge in [0.05, 0.1) is 19.4 Å². The highest BCUT2D eigenvalue weighted by atomic mass is 16.3. The van der Waals surface area contributed by atoms with E-state index in [1.54, 1.807) is 16.1 Å². The van der Waals surface area contributed by atoms with Gasteiger partial charge in [-0.15, -0.1) is 0 Å². The molecule has 1 aliphatic carbocycles. The first-order valence-electron chi connectivity index (χ1n) is 10.7. The van der Waals surface area contributed by atoms with Gasteiger partial charge in [0, 0.05) is 19.0 Å². The molecule has 2 amide bonds. The van der Waals surface area contributed by atoms with E-state index >= 15 is 0 Å². The standard InChI is InChI=1S/C24H32N2O3/c1-19(2)15-26(24(28)21-11-6-7-12-21)18-23(27)25(17-22-13-8-14-29-22)16-20-9-4-3-5-10-20/h3-5,8-10,13-14,19,21H,6-7,11-12,15-18H2,1-2H3. The third-order valence-corrected chi connectivity index (χ3v) is 5.42. The van der Waals surface area contributed by atoms with E-state index in [0.717, 1.165) is 37.0 Å². The lowest BCUT2D eigenvalue weighted by Gasteiger charge is -2.30. The molecule has 29 heavy (non-hydrogen) atoms. The van der Waals surface area contributed by atoms with Crippen LogP contribution >= 0.6 is 0 Å². The van der Waals surface area contributed by atoms with E-state index in [1.165, 1.54) is 0 Å². The molecule has 0 N–H and O–H groups in total. The van der Waals surface area contributed by atoms with Crippen molar-refractivity contribution < 1.29 is 14.0 Å². The fourth-order valence-corrected chi connectivity index (χ4v) is 3.99. The lowest BCUT2D eigenvalue weighted by molar-refractivity contribution is -0.144. The fourth-order valence-electron chi connectivity index (χ4n) is 3.99. The van der Waals surface area contributed by atoms with Crippen molar-refractivity contribution in [1.82, 2.24) is 9.80 Å². The van der Waals surface area contributed by atoms with Crippen molar-refractivity contribution in [3.8, 4) is 0 Å². The van der Waals surface area contributed by atoms with Crippen LogP contribution in [0, 0.1) is 11.8 Å². The summed E-state index contributed by atoms with van der Waals surface area (Å²) in [4.78, 5) is 29.9. The summed E-state index contributed by atoms with van der Waals surface area (Å²) in [6.07, 6.45) is 5.73. The monoisotopic (exact) mass is 396 g/mol. The van der Waals surface area contributed by atoms with Crippen molar-refractivity contribution in [2.24, 2.45) is 11.8 Å². The highest BCUT2D eigenvalue weighted by Gasteiger charge is 2.30. The molecule has 156 valence electrons. The van der Waals surface area contributed by atoms with Gasteiger partial charge in [0.1, 0.15) is 5.76 Å². The first-order valence-corrected chi connectivity index (χ1v) is 10.7. The zero-order valence-electron chi connectivity index (χ0n) is 17.5. The Balaban J connectivity index is 1.73. The summed E-state index contributed by atoms with van der Waals surface area (Å²) in [7, 11) is 0. The molecule has 1 aliphatic rings. The maximum absolute atomic E-state index is 13.3. The van der Waals surface area contributed by atoms with Gasteiger partial charge < -0.3 is 14.2 Å². The summed E-state index contributed by atoms with van der Waals surface area (Å²) in [5.74, 6) is 1.24. The van der Waals surface area contributed by atoms with Gasteiger partial charge in [-0.05, 0) is 36.5 Å². The van der Waals surface area contributed by atoms with Crippen LogP contribution in [0.15, 0.2) is 53.1 Å². The second-order valence-corrected chi connectivity index (χ2v) is 8.41. The molecule has 5 nitrogen and oxygen atoms in total. The molecular weight excluding hydrogens is 364 g/mol. The molecule has 1 aromatic heterocycles. The number of carbonyl (C=O) groups is 2. The Hall–Kier alpha value is -2.56. The smallest absolute Gasteiger partial charge is 0.242 e. The van der Waals surface area contributed by atoms with E-state index in [9.17, 15) is 9.59 Å². The van der Waals surface area contributed by atoms with Crippen LogP contribution in [0.1, 0.15) is 50.9 Å². The van der Waals surface area contributed by atoms with Crippen molar-refractivity contribution >= 4 is 11.8 Å². The third kappa shape index (κ3) is 6.21. The minimum absolute atomic E-state index is 0.0442. The maximum Gasteiger partial charge on any atom is 0.242 e. The molecule has 0 spiro atoms. The van der Waals surface area contributed by atoms with Crippen molar-refractivity contribution in [2.75, 3.05) is 13.1 Å². The van der Waals surface area contributed by atoms with Crippen molar-refractivity contribution in [3.05, 3.63) is 60.1 Å². The summed E-state index contributed by atoms with van der Waals surface area (Å²) in [6.45, 7) is 5.80. The van der Waals surface area contributed by atoms with Crippen LogP contribution in [0.3, 0.4) is 0 Å². The van der Waals surface area contributed by atoms with Gasteiger partial charge in [0.25, 0.3) is 0 Å². The van der Waals surface area contributed by atoms with Crippen LogP contribution in [0.2, 0.25) is 0 Å². The van der Waals surface area contributed by atoms with E-state index < -0.39 is 0 Å². The van der Waals surface area contributed by atoms with Crippen LogP contribution in [-0.4, -0.2) is 34.7 Å². The molecule has 5 heteroatoms. The molecule has 0 radical (unpaired) electrons. The number of rotatable bonds is 9. The van der Waals surface area contributed by atoms with E-state index in [1.807, 2.05) is 42.5 Å². The van der Waals surface area contributed by atoms with Gasteiger partial charge in [0.15, 0.2) is 0 Å². The van der Waals surface area contributed by atoms with E-state index in [0.29, 0.717) is 25.6 Å². The molecule has 0 atom stereocenters. The quantitative estimate of drug-likeness (QED) is 0.628. The molecule has 0 unspecified atom stereocenters. The average molecular weight is 397 g/mol. The molecule has 1 aromatic carbocycles. The Morgan fingerprint density at radius 1 is 1.00 bits per heavy atom. The molecule has 0 bridgehead atoms. The topological polar surface area (TPSA) is 53.8 Å². The number of benzene rings is 1. The zero-order valence-corrected chi connectivity index (χ0v) is 17.5. The SMILES string of the molecule is CC(C)CN(CC(=O)N(Cc1ccccc1)Cc1ccco1)C(=O)C1CCCC1. The van der Waals surface area contributed by atoms with Crippen molar-refractivity contribution in [3.63, 3.8) is 0 Å². The lowest BCUT2D eigenvalue weighted by Crippen LogP contribution is -2.45. The van der Waals surface area contributed by atoms with Gasteiger partial charge in [-0.1, -0.05) is 57.0 Å². The molecule has 1 fully saturated rings. The molecule has 0 aliphatic heterocycles.